The van der Waals surface area contributed by atoms with E-state index in [-0.39, 0.29) is 16.8 Å². The van der Waals surface area contributed by atoms with Crippen LogP contribution in [0.15, 0.2) is 60.9 Å². The Morgan fingerprint density at radius 2 is 1.65 bits per heavy atom. The fourth-order valence-electron chi connectivity index (χ4n) is 2.39. The first-order chi connectivity index (χ1) is 12.3. The Hall–Kier alpha value is -3.22. The van der Waals surface area contributed by atoms with Gasteiger partial charge < -0.3 is 5.32 Å². The number of carbonyl (C=O) groups is 1. The smallest absolute Gasteiger partial charge is 0.322 e. The minimum absolute atomic E-state index is 0.0556. The van der Waals surface area contributed by atoms with Gasteiger partial charge in [-0.1, -0.05) is 36.4 Å². The molecule has 0 radical (unpaired) electrons. The van der Waals surface area contributed by atoms with E-state index in [0.29, 0.717) is 5.82 Å². The summed E-state index contributed by atoms with van der Waals surface area (Å²) in [6.07, 6.45) is -1.81. The zero-order valence-corrected chi connectivity index (χ0v) is 13.7. The molecular weight excluding hydrogens is 343 g/mol. The van der Waals surface area contributed by atoms with Gasteiger partial charge in [-0.25, -0.2) is 9.97 Å². The highest BCUT2D eigenvalue weighted by Gasteiger charge is 2.32. The maximum Gasteiger partial charge on any atom is 0.416 e. The first-order valence-electron chi connectivity index (χ1n) is 7.71. The van der Waals surface area contributed by atoms with Crippen LogP contribution >= 0.6 is 0 Å². The number of benzene rings is 2. The van der Waals surface area contributed by atoms with Crippen molar-refractivity contribution in [2.24, 2.45) is 0 Å². The normalized spacial score (nSPS) is 11.2. The number of alkyl halides is 3. The lowest BCUT2D eigenvalue weighted by Crippen LogP contribution is -2.14. The highest BCUT2D eigenvalue weighted by molar-refractivity contribution is 6.04. The fraction of sp³-hybridized carbons (Fsp3) is 0.105. The summed E-state index contributed by atoms with van der Waals surface area (Å²) >= 11 is 0. The molecule has 2 aromatic carbocycles. The molecule has 4 nitrogen and oxygen atoms in total. The van der Waals surface area contributed by atoms with Crippen molar-refractivity contribution in [3.8, 4) is 11.4 Å². The van der Waals surface area contributed by atoms with Crippen molar-refractivity contribution in [3.05, 3.63) is 77.6 Å². The van der Waals surface area contributed by atoms with Crippen LogP contribution in [-0.2, 0) is 6.18 Å². The molecule has 0 aliphatic heterocycles. The summed E-state index contributed by atoms with van der Waals surface area (Å²) in [5.74, 6) is -0.126. The van der Waals surface area contributed by atoms with Crippen LogP contribution in [0, 0.1) is 6.92 Å². The third kappa shape index (κ3) is 3.88. The summed E-state index contributed by atoms with van der Waals surface area (Å²) in [6.45, 7) is 1.37. The third-order valence-corrected chi connectivity index (χ3v) is 3.75. The predicted octanol–water partition coefficient (Wildman–Crippen LogP) is 4.72. The number of aryl methyl sites for hydroxylation is 1. The summed E-state index contributed by atoms with van der Waals surface area (Å²) < 4.78 is 38.9. The highest BCUT2D eigenvalue weighted by atomic mass is 19.4. The second-order valence-electron chi connectivity index (χ2n) is 5.64. The molecule has 0 atom stereocenters. The van der Waals surface area contributed by atoms with Gasteiger partial charge in [0.1, 0.15) is 0 Å². The van der Waals surface area contributed by atoms with Crippen molar-refractivity contribution in [3.63, 3.8) is 0 Å². The monoisotopic (exact) mass is 357 g/mol. The maximum absolute atomic E-state index is 13.0. The zero-order chi connectivity index (χ0) is 18.7. The molecule has 3 aromatic rings. The maximum atomic E-state index is 13.0. The van der Waals surface area contributed by atoms with Crippen LogP contribution in [-0.4, -0.2) is 15.9 Å². The van der Waals surface area contributed by atoms with E-state index in [2.05, 4.69) is 15.3 Å². The molecule has 132 valence electrons. The molecule has 26 heavy (non-hydrogen) atoms. The Balaban J connectivity index is 1.78. The number of nitrogens with one attached hydrogen (secondary N) is 1. The Morgan fingerprint density at radius 1 is 1.00 bits per heavy atom. The molecule has 0 bridgehead atoms. The molecule has 7 heteroatoms. The number of nitrogens with zero attached hydrogens (tertiary/aromatic N) is 2. The molecule has 0 fully saturated rings. The van der Waals surface area contributed by atoms with E-state index >= 15 is 0 Å². The number of rotatable bonds is 3. The second-order valence-corrected chi connectivity index (χ2v) is 5.64. The highest BCUT2D eigenvalue weighted by Crippen LogP contribution is 2.33. The van der Waals surface area contributed by atoms with E-state index in [1.54, 1.807) is 0 Å². The second kappa shape index (κ2) is 6.95. The summed E-state index contributed by atoms with van der Waals surface area (Å²) in [6, 6.07) is 12.9. The van der Waals surface area contributed by atoms with Crippen molar-refractivity contribution in [2.75, 3.05) is 5.32 Å². The molecular formula is C19H14F3N3O. The van der Waals surface area contributed by atoms with Crippen molar-refractivity contribution < 1.29 is 18.0 Å². The van der Waals surface area contributed by atoms with Gasteiger partial charge in [0.15, 0.2) is 5.82 Å². The Labute approximate surface area is 147 Å². The van der Waals surface area contributed by atoms with Gasteiger partial charge in [-0.3, -0.25) is 4.79 Å². The molecule has 0 unspecified atom stereocenters. The molecule has 0 aliphatic rings. The van der Waals surface area contributed by atoms with Gasteiger partial charge in [0.2, 0.25) is 0 Å². The van der Waals surface area contributed by atoms with Crippen molar-refractivity contribution in [1.82, 2.24) is 9.97 Å². The van der Waals surface area contributed by atoms with Crippen LogP contribution < -0.4 is 5.32 Å². The quantitative estimate of drug-likeness (QED) is 0.738. The van der Waals surface area contributed by atoms with E-state index in [1.807, 2.05) is 30.3 Å². The molecule has 1 amide bonds. The first-order valence-corrected chi connectivity index (χ1v) is 7.71. The van der Waals surface area contributed by atoms with Gasteiger partial charge >= 0.3 is 6.18 Å². The van der Waals surface area contributed by atoms with E-state index in [4.69, 9.17) is 0 Å². The van der Waals surface area contributed by atoms with Crippen molar-refractivity contribution in [1.29, 1.82) is 0 Å². The van der Waals surface area contributed by atoms with E-state index in [9.17, 15) is 18.0 Å². The van der Waals surface area contributed by atoms with Gasteiger partial charge in [0, 0.05) is 23.6 Å². The van der Waals surface area contributed by atoms with Gasteiger partial charge in [0.25, 0.3) is 5.91 Å². The Morgan fingerprint density at radius 3 is 2.27 bits per heavy atom. The number of carbonyl (C=O) groups excluding carboxylic acids is 1. The lowest BCUT2D eigenvalue weighted by atomic mass is 10.1. The summed E-state index contributed by atoms with van der Waals surface area (Å²) in [7, 11) is 0. The van der Waals surface area contributed by atoms with Gasteiger partial charge in [-0.05, 0) is 24.6 Å². The minimum Gasteiger partial charge on any atom is -0.322 e. The van der Waals surface area contributed by atoms with Crippen LogP contribution in [0.1, 0.15) is 21.5 Å². The number of halogens is 3. The van der Waals surface area contributed by atoms with Crippen LogP contribution in [0.3, 0.4) is 0 Å². The fourth-order valence-corrected chi connectivity index (χ4v) is 2.39. The number of anilines is 1. The molecule has 1 N–H and O–H groups in total. The van der Waals surface area contributed by atoms with Gasteiger partial charge in [-0.2, -0.15) is 13.2 Å². The van der Waals surface area contributed by atoms with Crippen LogP contribution in [0.4, 0.5) is 18.9 Å². The zero-order valence-electron chi connectivity index (χ0n) is 13.7. The van der Waals surface area contributed by atoms with E-state index < -0.39 is 17.6 Å². The minimum atomic E-state index is -4.48. The molecule has 0 saturated carbocycles. The SMILES string of the molecule is Cc1ccc(NC(=O)c2cnc(-c3ccccc3)nc2)cc1C(F)(F)F. The summed E-state index contributed by atoms with van der Waals surface area (Å²) in [5.41, 5.74) is 0.309. The van der Waals surface area contributed by atoms with Gasteiger partial charge in [-0.15, -0.1) is 0 Å². The van der Waals surface area contributed by atoms with Crippen molar-refractivity contribution in [2.45, 2.75) is 13.1 Å². The van der Waals surface area contributed by atoms with Gasteiger partial charge in [0.05, 0.1) is 11.1 Å². The number of amides is 1. The Bertz CT molecular complexity index is 923. The number of hydrogen-bond donors (Lipinski definition) is 1. The number of hydrogen-bond acceptors (Lipinski definition) is 3. The van der Waals surface area contributed by atoms with Crippen LogP contribution in [0.5, 0.6) is 0 Å². The summed E-state index contributed by atoms with van der Waals surface area (Å²) in [4.78, 5) is 20.5. The average Bonchev–Trinajstić information content (AvgIpc) is 2.63. The standard InChI is InChI=1S/C19H14F3N3O/c1-12-7-8-15(9-16(12)19(20,21)22)25-18(26)14-10-23-17(24-11-14)13-5-3-2-4-6-13/h2-11H,1H3,(H,25,26). The predicted molar refractivity (Wildman–Crippen MR) is 91.6 cm³/mol. The van der Waals surface area contributed by atoms with Crippen LogP contribution in [0.25, 0.3) is 11.4 Å². The Kier molecular flexibility index (Phi) is 4.71. The average molecular weight is 357 g/mol. The summed E-state index contributed by atoms with van der Waals surface area (Å²) in [5, 5.41) is 2.44. The molecule has 1 aromatic heterocycles. The van der Waals surface area contributed by atoms with Crippen molar-refractivity contribution >= 4 is 11.6 Å². The lowest BCUT2D eigenvalue weighted by molar-refractivity contribution is -0.138. The third-order valence-electron chi connectivity index (χ3n) is 3.75. The molecule has 3 rings (SSSR count). The topological polar surface area (TPSA) is 54.9 Å². The molecule has 0 aliphatic carbocycles. The lowest BCUT2D eigenvalue weighted by Gasteiger charge is -2.12. The molecule has 0 spiro atoms. The number of aromatic nitrogens is 2. The molecule has 0 saturated heterocycles. The molecule has 1 heterocycles. The first kappa shape index (κ1) is 17.6. The van der Waals surface area contributed by atoms with E-state index in [1.165, 1.54) is 31.5 Å². The largest absolute Gasteiger partial charge is 0.416 e. The van der Waals surface area contributed by atoms with E-state index in [0.717, 1.165) is 11.6 Å². The van der Waals surface area contributed by atoms with Crippen LogP contribution in [0.2, 0.25) is 0 Å².